The molecule has 0 bridgehead atoms. The highest BCUT2D eigenvalue weighted by Gasteiger charge is 2.23. The lowest BCUT2D eigenvalue weighted by molar-refractivity contribution is 0.0693. The number of rotatable bonds is 6. The van der Waals surface area contributed by atoms with Crippen molar-refractivity contribution in [2.75, 3.05) is 0 Å². The molecule has 0 aliphatic carbocycles. The molecule has 0 heterocycles. The lowest BCUT2D eigenvalue weighted by atomic mass is 10.1. The Morgan fingerprint density at radius 2 is 1.76 bits per heavy atom. The predicted molar refractivity (Wildman–Crippen MR) is 93.7 cm³/mol. The highest BCUT2D eigenvalue weighted by atomic mass is 32.2. The van der Waals surface area contributed by atoms with Crippen LogP contribution in [0.4, 0.5) is 0 Å². The molecule has 0 radical (unpaired) electrons. The molecule has 1 atom stereocenters. The summed E-state index contributed by atoms with van der Waals surface area (Å²) in [7, 11) is -3.90. The van der Waals surface area contributed by atoms with Crippen molar-refractivity contribution >= 4 is 15.8 Å². The Balaban J connectivity index is 2.52. The highest BCUT2D eigenvalue weighted by molar-refractivity contribution is 7.91. The average molecular weight is 363 g/mol. The maximum atomic E-state index is 12.8. The molecule has 0 amide bonds. The van der Waals surface area contributed by atoms with Gasteiger partial charge in [0, 0.05) is 6.04 Å². The van der Waals surface area contributed by atoms with E-state index in [2.05, 4.69) is 0 Å². The number of hydrogen-bond acceptors (Lipinski definition) is 5. The zero-order chi connectivity index (χ0) is 18.8. The van der Waals surface area contributed by atoms with E-state index in [1.807, 2.05) is 6.92 Å². The van der Waals surface area contributed by atoms with Gasteiger partial charge in [-0.3, -0.25) is 0 Å². The maximum absolute atomic E-state index is 12.8. The number of aryl methyl sites for hydroxylation is 1. The van der Waals surface area contributed by atoms with Gasteiger partial charge >= 0.3 is 5.97 Å². The SMILES string of the molecule is CCc1cc(S(=O)(=O)c2ccc(CC(C)N)cc2)cc(C(=O)O)c1O. The Morgan fingerprint density at radius 1 is 1.16 bits per heavy atom. The van der Waals surface area contributed by atoms with Crippen LogP contribution in [0.2, 0.25) is 0 Å². The van der Waals surface area contributed by atoms with E-state index >= 15 is 0 Å². The molecule has 0 fully saturated rings. The van der Waals surface area contributed by atoms with Gasteiger partial charge in [0.05, 0.1) is 9.79 Å². The van der Waals surface area contributed by atoms with Gasteiger partial charge < -0.3 is 15.9 Å². The fraction of sp³-hybridized carbons (Fsp3) is 0.278. The molecule has 0 spiro atoms. The van der Waals surface area contributed by atoms with E-state index in [1.54, 1.807) is 19.1 Å². The number of phenols is 1. The van der Waals surface area contributed by atoms with Gasteiger partial charge in [-0.15, -0.1) is 0 Å². The van der Waals surface area contributed by atoms with Gasteiger partial charge in [-0.25, -0.2) is 13.2 Å². The summed E-state index contributed by atoms with van der Waals surface area (Å²) in [6, 6.07) is 8.60. The first kappa shape index (κ1) is 19.0. The number of carbonyl (C=O) groups is 1. The molecule has 2 rings (SSSR count). The van der Waals surface area contributed by atoms with Crippen LogP contribution in [-0.2, 0) is 22.7 Å². The third-order valence-corrected chi connectivity index (χ3v) is 5.62. The van der Waals surface area contributed by atoms with Crippen molar-refractivity contribution in [3.8, 4) is 5.75 Å². The number of aromatic carboxylic acids is 1. The van der Waals surface area contributed by atoms with Gasteiger partial charge in [0.15, 0.2) is 0 Å². The Morgan fingerprint density at radius 3 is 2.24 bits per heavy atom. The third kappa shape index (κ3) is 4.00. The molecule has 2 aromatic carbocycles. The van der Waals surface area contributed by atoms with Crippen LogP contribution in [0.15, 0.2) is 46.2 Å². The zero-order valence-electron chi connectivity index (χ0n) is 14.1. The number of carboxylic acid groups (broad SMARTS) is 1. The minimum Gasteiger partial charge on any atom is -0.507 e. The van der Waals surface area contributed by atoms with E-state index in [0.29, 0.717) is 12.8 Å². The predicted octanol–water partition coefficient (Wildman–Crippen LogP) is 2.38. The van der Waals surface area contributed by atoms with Crippen LogP contribution >= 0.6 is 0 Å². The monoisotopic (exact) mass is 363 g/mol. The molecule has 0 saturated carbocycles. The summed E-state index contributed by atoms with van der Waals surface area (Å²) in [6.07, 6.45) is 0.936. The van der Waals surface area contributed by atoms with Crippen LogP contribution in [0.3, 0.4) is 0 Å². The minimum atomic E-state index is -3.90. The number of benzene rings is 2. The average Bonchev–Trinajstić information content (AvgIpc) is 2.54. The smallest absolute Gasteiger partial charge is 0.339 e. The van der Waals surface area contributed by atoms with Crippen LogP contribution < -0.4 is 5.73 Å². The molecule has 0 aliphatic rings. The van der Waals surface area contributed by atoms with Gasteiger partial charge in [0.1, 0.15) is 11.3 Å². The highest BCUT2D eigenvalue weighted by Crippen LogP contribution is 2.30. The van der Waals surface area contributed by atoms with Crippen molar-refractivity contribution < 1.29 is 23.4 Å². The van der Waals surface area contributed by atoms with Gasteiger partial charge in [0.2, 0.25) is 9.84 Å². The summed E-state index contributed by atoms with van der Waals surface area (Å²) in [4.78, 5) is 11.2. The summed E-state index contributed by atoms with van der Waals surface area (Å²) in [5.41, 5.74) is 6.50. The standard InChI is InChI=1S/C18H21NO5S/c1-3-13-9-15(10-16(17(13)20)18(21)22)25(23,24)14-6-4-12(5-7-14)8-11(2)19/h4-7,9-11,20H,3,8,19H2,1-2H3,(H,21,22). The molecule has 0 aromatic heterocycles. The fourth-order valence-electron chi connectivity index (χ4n) is 2.57. The maximum Gasteiger partial charge on any atom is 0.339 e. The molecule has 0 saturated heterocycles. The summed E-state index contributed by atoms with van der Waals surface area (Å²) in [5, 5.41) is 19.2. The normalized spacial score (nSPS) is 12.8. The van der Waals surface area contributed by atoms with Crippen LogP contribution in [0.1, 0.15) is 35.3 Å². The van der Waals surface area contributed by atoms with Crippen LogP contribution in [0.5, 0.6) is 5.75 Å². The van der Waals surface area contributed by atoms with Crippen LogP contribution in [-0.4, -0.2) is 30.6 Å². The van der Waals surface area contributed by atoms with Crippen LogP contribution in [0.25, 0.3) is 0 Å². The van der Waals surface area contributed by atoms with E-state index in [0.717, 1.165) is 11.6 Å². The fourth-order valence-corrected chi connectivity index (χ4v) is 3.90. The zero-order valence-corrected chi connectivity index (χ0v) is 14.9. The Labute approximate surface area is 146 Å². The van der Waals surface area contributed by atoms with E-state index < -0.39 is 27.1 Å². The van der Waals surface area contributed by atoms with Gasteiger partial charge in [0.25, 0.3) is 0 Å². The van der Waals surface area contributed by atoms with Crippen molar-refractivity contribution in [3.63, 3.8) is 0 Å². The number of hydrogen-bond donors (Lipinski definition) is 3. The molecule has 134 valence electrons. The molecule has 0 aliphatic heterocycles. The number of carboxylic acids is 1. The number of sulfone groups is 1. The number of nitrogens with two attached hydrogens (primary N) is 1. The molecule has 7 heteroatoms. The summed E-state index contributed by atoms with van der Waals surface area (Å²) >= 11 is 0. The largest absolute Gasteiger partial charge is 0.507 e. The summed E-state index contributed by atoms with van der Waals surface area (Å²) < 4.78 is 25.6. The first-order valence-corrected chi connectivity index (χ1v) is 9.34. The molecule has 2 aromatic rings. The van der Waals surface area contributed by atoms with Gasteiger partial charge in [-0.2, -0.15) is 0 Å². The van der Waals surface area contributed by atoms with E-state index in [4.69, 9.17) is 5.73 Å². The topological polar surface area (TPSA) is 118 Å². The van der Waals surface area contributed by atoms with Crippen molar-refractivity contribution in [2.24, 2.45) is 5.73 Å². The summed E-state index contributed by atoms with van der Waals surface area (Å²) in [6.45, 7) is 3.57. The molecular formula is C18H21NO5S. The Hall–Kier alpha value is -2.38. The lowest BCUT2D eigenvalue weighted by Crippen LogP contribution is -2.17. The molecule has 6 nitrogen and oxygen atoms in total. The van der Waals surface area contributed by atoms with Gasteiger partial charge in [-0.05, 0) is 55.2 Å². The first-order valence-electron chi connectivity index (χ1n) is 7.85. The number of aromatic hydroxyl groups is 1. The lowest BCUT2D eigenvalue weighted by Gasteiger charge is -2.11. The van der Waals surface area contributed by atoms with E-state index in [9.17, 15) is 23.4 Å². The van der Waals surface area contributed by atoms with Crippen molar-refractivity contribution in [1.82, 2.24) is 0 Å². The quantitative estimate of drug-likeness (QED) is 0.725. The van der Waals surface area contributed by atoms with E-state index in [-0.39, 0.29) is 21.4 Å². The Kier molecular flexibility index (Phi) is 5.49. The van der Waals surface area contributed by atoms with E-state index in [1.165, 1.54) is 18.2 Å². The molecular weight excluding hydrogens is 342 g/mol. The second-order valence-electron chi connectivity index (χ2n) is 5.97. The molecule has 4 N–H and O–H groups in total. The molecule has 1 unspecified atom stereocenters. The second kappa shape index (κ2) is 7.25. The second-order valence-corrected chi connectivity index (χ2v) is 7.92. The Bertz CT molecular complexity index is 886. The minimum absolute atomic E-state index is 0.0372. The summed E-state index contributed by atoms with van der Waals surface area (Å²) in [5.74, 6) is -1.78. The first-order chi connectivity index (χ1) is 11.7. The molecule has 25 heavy (non-hydrogen) atoms. The van der Waals surface area contributed by atoms with Gasteiger partial charge in [-0.1, -0.05) is 19.1 Å². The van der Waals surface area contributed by atoms with Crippen molar-refractivity contribution in [2.45, 2.75) is 42.5 Å². The third-order valence-electron chi connectivity index (χ3n) is 3.88. The van der Waals surface area contributed by atoms with Crippen molar-refractivity contribution in [1.29, 1.82) is 0 Å². The van der Waals surface area contributed by atoms with Crippen LogP contribution in [0, 0.1) is 0 Å². The van der Waals surface area contributed by atoms with Crippen molar-refractivity contribution in [3.05, 3.63) is 53.1 Å².